The van der Waals surface area contributed by atoms with E-state index in [1.54, 1.807) is 0 Å². The standard InChI is InChI=1S/C12H22N2O3/c1-2-6-13-8-11(15)14-10-5-3-4-9(7-10)12(16)17/h9-10,13H,2-8H2,1H3,(H,14,15)(H,16,17). The number of aliphatic carboxylic acids is 1. The first-order chi connectivity index (χ1) is 8.13. The fourth-order valence-electron chi connectivity index (χ4n) is 2.20. The predicted molar refractivity (Wildman–Crippen MR) is 64.7 cm³/mol. The van der Waals surface area contributed by atoms with Crippen LogP contribution in [0.1, 0.15) is 39.0 Å². The van der Waals surface area contributed by atoms with Gasteiger partial charge in [0.2, 0.25) is 5.91 Å². The van der Waals surface area contributed by atoms with E-state index in [2.05, 4.69) is 10.6 Å². The third-order valence-corrected chi connectivity index (χ3v) is 3.10. The molecule has 0 spiro atoms. The predicted octanol–water partition coefficient (Wildman–Crippen LogP) is 0.746. The van der Waals surface area contributed by atoms with Gasteiger partial charge in [-0.1, -0.05) is 13.3 Å². The van der Waals surface area contributed by atoms with Crippen molar-refractivity contribution in [3.8, 4) is 0 Å². The van der Waals surface area contributed by atoms with Crippen LogP contribution in [-0.4, -0.2) is 36.1 Å². The quantitative estimate of drug-likeness (QED) is 0.600. The first-order valence-corrected chi connectivity index (χ1v) is 6.36. The van der Waals surface area contributed by atoms with Crippen LogP contribution in [0, 0.1) is 5.92 Å². The summed E-state index contributed by atoms with van der Waals surface area (Å²) in [4.78, 5) is 22.4. The molecule has 3 N–H and O–H groups in total. The largest absolute Gasteiger partial charge is 0.481 e. The van der Waals surface area contributed by atoms with Crippen LogP contribution in [0.4, 0.5) is 0 Å². The number of carboxylic acid groups (broad SMARTS) is 1. The Balaban J connectivity index is 2.26. The van der Waals surface area contributed by atoms with E-state index >= 15 is 0 Å². The lowest BCUT2D eigenvalue weighted by Gasteiger charge is -2.27. The van der Waals surface area contributed by atoms with Crippen LogP contribution >= 0.6 is 0 Å². The molecule has 1 aliphatic carbocycles. The minimum absolute atomic E-state index is 0.0285. The summed E-state index contributed by atoms with van der Waals surface area (Å²) in [7, 11) is 0. The van der Waals surface area contributed by atoms with Crippen LogP contribution in [0.3, 0.4) is 0 Å². The maximum Gasteiger partial charge on any atom is 0.306 e. The molecule has 0 aromatic carbocycles. The SMILES string of the molecule is CCCNCC(=O)NC1CCCC(C(=O)O)C1. The molecule has 98 valence electrons. The normalized spacial score (nSPS) is 24.3. The van der Waals surface area contributed by atoms with Gasteiger partial charge >= 0.3 is 5.97 Å². The first-order valence-electron chi connectivity index (χ1n) is 6.36. The maximum absolute atomic E-state index is 11.5. The number of hydrogen-bond acceptors (Lipinski definition) is 3. The van der Waals surface area contributed by atoms with E-state index in [0.717, 1.165) is 32.2 Å². The zero-order valence-corrected chi connectivity index (χ0v) is 10.4. The van der Waals surface area contributed by atoms with Gasteiger partial charge in [0.15, 0.2) is 0 Å². The number of amides is 1. The van der Waals surface area contributed by atoms with E-state index in [4.69, 9.17) is 5.11 Å². The van der Waals surface area contributed by atoms with Gasteiger partial charge in [0.1, 0.15) is 0 Å². The molecular formula is C12H22N2O3. The van der Waals surface area contributed by atoms with E-state index in [0.29, 0.717) is 13.0 Å². The van der Waals surface area contributed by atoms with Gasteiger partial charge in [0.05, 0.1) is 12.5 Å². The van der Waals surface area contributed by atoms with Crippen molar-refractivity contribution in [1.29, 1.82) is 0 Å². The third kappa shape index (κ3) is 5.17. The zero-order chi connectivity index (χ0) is 12.7. The first kappa shape index (κ1) is 14.0. The highest BCUT2D eigenvalue weighted by Gasteiger charge is 2.27. The summed E-state index contributed by atoms with van der Waals surface area (Å²) in [5.41, 5.74) is 0. The van der Waals surface area contributed by atoms with E-state index in [-0.39, 0.29) is 17.9 Å². The molecule has 0 bridgehead atoms. The van der Waals surface area contributed by atoms with Crippen molar-refractivity contribution >= 4 is 11.9 Å². The fraction of sp³-hybridized carbons (Fsp3) is 0.833. The molecule has 1 rings (SSSR count). The monoisotopic (exact) mass is 242 g/mol. The Morgan fingerprint density at radius 1 is 1.35 bits per heavy atom. The van der Waals surface area contributed by atoms with Crippen LogP contribution in [-0.2, 0) is 9.59 Å². The van der Waals surface area contributed by atoms with Crippen molar-refractivity contribution in [2.24, 2.45) is 5.92 Å². The molecule has 1 fully saturated rings. The van der Waals surface area contributed by atoms with Gasteiger partial charge < -0.3 is 15.7 Å². The summed E-state index contributed by atoms with van der Waals surface area (Å²) in [6.07, 6.45) is 4.07. The number of nitrogens with one attached hydrogen (secondary N) is 2. The molecule has 5 nitrogen and oxygen atoms in total. The van der Waals surface area contributed by atoms with Gasteiger partial charge in [-0.3, -0.25) is 9.59 Å². The molecule has 1 saturated carbocycles. The zero-order valence-electron chi connectivity index (χ0n) is 10.4. The average Bonchev–Trinajstić information content (AvgIpc) is 2.29. The number of hydrogen-bond donors (Lipinski definition) is 3. The van der Waals surface area contributed by atoms with Crippen molar-refractivity contribution in [2.45, 2.75) is 45.1 Å². The lowest BCUT2D eigenvalue weighted by Crippen LogP contribution is -2.43. The second kappa shape index (κ2) is 7.27. The highest BCUT2D eigenvalue weighted by molar-refractivity contribution is 5.78. The number of rotatable bonds is 6. The fourth-order valence-corrected chi connectivity index (χ4v) is 2.20. The molecule has 1 amide bonds. The molecule has 2 atom stereocenters. The maximum atomic E-state index is 11.5. The van der Waals surface area contributed by atoms with Crippen molar-refractivity contribution in [3.05, 3.63) is 0 Å². The molecule has 2 unspecified atom stereocenters. The van der Waals surface area contributed by atoms with Crippen LogP contribution < -0.4 is 10.6 Å². The molecule has 0 aromatic rings. The summed E-state index contributed by atoms with van der Waals surface area (Å²) in [6, 6.07) is 0.0285. The van der Waals surface area contributed by atoms with E-state index in [9.17, 15) is 9.59 Å². The Kier molecular flexibility index (Phi) is 5.97. The van der Waals surface area contributed by atoms with Gasteiger partial charge in [-0.2, -0.15) is 0 Å². The third-order valence-electron chi connectivity index (χ3n) is 3.10. The van der Waals surface area contributed by atoms with Crippen molar-refractivity contribution in [2.75, 3.05) is 13.1 Å². The summed E-state index contributed by atoms with van der Waals surface area (Å²) in [6.45, 7) is 3.20. The summed E-state index contributed by atoms with van der Waals surface area (Å²) < 4.78 is 0. The van der Waals surface area contributed by atoms with Crippen LogP contribution in [0.25, 0.3) is 0 Å². The lowest BCUT2D eigenvalue weighted by atomic mass is 9.86. The van der Waals surface area contributed by atoms with Gasteiger partial charge in [-0.05, 0) is 32.2 Å². The highest BCUT2D eigenvalue weighted by Crippen LogP contribution is 2.24. The van der Waals surface area contributed by atoms with Gasteiger partial charge in [-0.15, -0.1) is 0 Å². The van der Waals surface area contributed by atoms with Crippen LogP contribution in [0.2, 0.25) is 0 Å². The van der Waals surface area contributed by atoms with Crippen LogP contribution in [0.5, 0.6) is 0 Å². The minimum Gasteiger partial charge on any atom is -0.481 e. The Labute approximate surface area is 102 Å². The molecule has 17 heavy (non-hydrogen) atoms. The van der Waals surface area contributed by atoms with E-state index in [1.165, 1.54) is 0 Å². The Hall–Kier alpha value is -1.10. The van der Waals surface area contributed by atoms with Gasteiger partial charge in [-0.25, -0.2) is 0 Å². The number of carbonyl (C=O) groups excluding carboxylic acids is 1. The summed E-state index contributed by atoms with van der Waals surface area (Å²) in [5, 5.41) is 14.9. The Bertz CT molecular complexity index is 268. The summed E-state index contributed by atoms with van der Waals surface area (Å²) in [5.74, 6) is -1.07. The number of carbonyl (C=O) groups is 2. The molecule has 0 saturated heterocycles. The second-order valence-corrected chi connectivity index (χ2v) is 4.64. The molecule has 0 radical (unpaired) electrons. The molecular weight excluding hydrogens is 220 g/mol. The van der Waals surface area contributed by atoms with Crippen molar-refractivity contribution < 1.29 is 14.7 Å². The smallest absolute Gasteiger partial charge is 0.306 e. The average molecular weight is 242 g/mol. The topological polar surface area (TPSA) is 78.4 Å². The molecule has 1 aliphatic rings. The number of carboxylic acids is 1. The molecule has 0 heterocycles. The highest BCUT2D eigenvalue weighted by atomic mass is 16.4. The Morgan fingerprint density at radius 2 is 2.12 bits per heavy atom. The summed E-state index contributed by atoms with van der Waals surface area (Å²) >= 11 is 0. The Morgan fingerprint density at radius 3 is 2.76 bits per heavy atom. The van der Waals surface area contributed by atoms with E-state index in [1.807, 2.05) is 6.92 Å². The van der Waals surface area contributed by atoms with E-state index < -0.39 is 5.97 Å². The molecule has 0 aliphatic heterocycles. The molecule has 5 heteroatoms. The van der Waals surface area contributed by atoms with Gasteiger partial charge in [0, 0.05) is 6.04 Å². The second-order valence-electron chi connectivity index (χ2n) is 4.64. The van der Waals surface area contributed by atoms with Gasteiger partial charge in [0.25, 0.3) is 0 Å². The van der Waals surface area contributed by atoms with Crippen LogP contribution in [0.15, 0.2) is 0 Å². The van der Waals surface area contributed by atoms with Crippen molar-refractivity contribution in [3.63, 3.8) is 0 Å². The van der Waals surface area contributed by atoms with Crippen molar-refractivity contribution in [1.82, 2.24) is 10.6 Å². The minimum atomic E-state index is -0.743. The lowest BCUT2D eigenvalue weighted by molar-refractivity contribution is -0.143. The molecule has 0 aromatic heterocycles.